The highest BCUT2D eigenvalue weighted by Gasteiger charge is 2.36. The Hall–Kier alpha value is -2.76. The van der Waals surface area contributed by atoms with E-state index in [1.54, 1.807) is 24.1 Å². The lowest BCUT2D eigenvalue weighted by molar-refractivity contribution is -0.136. The zero-order valence-electron chi connectivity index (χ0n) is 17.6. The minimum Gasteiger partial charge on any atom is -0.345 e. The fraction of sp³-hybridized carbons (Fsp3) is 0.458. The average molecular weight is 410 g/mol. The van der Waals surface area contributed by atoms with Gasteiger partial charge in [0.1, 0.15) is 5.82 Å². The van der Waals surface area contributed by atoms with E-state index in [1.165, 1.54) is 6.07 Å². The number of aromatic nitrogens is 1. The van der Waals surface area contributed by atoms with Crippen LogP contribution in [-0.2, 0) is 16.0 Å². The number of halogens is 1. The summed E-state index contributed by atoms with van der Waals surface area (Å²) in [6.45, 7) is 3.92. The van der Waals surface area contributed by atoms with Gasteiger partial charge >= 0.3 is 0 Å². The number of aryl methyl sites for hydroxylation is 1. The SMILES string of the molecule is Cc1cc(Cc2cccc(F)c2)cc(C2CCN(C(=O)[C@@H]3CC(=O)N(C)C3)CC2)n1. The lowest BCUT2D eigenvalue weighted by Gasteiger charge is -2.33. The van der Waals surface area contributed by atoms with E-state index in [1.807, 2.05) is 17.9 Å². The Balaban J connectivity index is 1.40. The highest BCUT2D eigenvalue weighted by Crippen LogP contribution is 2.30. The third-order valence-electron chi connectivity index (χ3n) is 6.25. The molecule has 0 spiro atoms. The van der Waals surface area contributed by atoms with Crippen LogP contribution in [0.3, 0.4) is 0 Å². The van der Waals surface area contributed by atoms with Crippen LogP contribution in [0.4, 0.5) is 4.39 Å². The molecule has 2 aliphatic rings. The van der Waals surface area contributed by atoms with Crippen molar-refractivity contribution >= 4 is 11.8 Å². The highest BCUT2D eigenvalue weighted by molar-refractivity contribution is 5.89. The van der Waals surface area contributed by atoms with Gasteiger partial charge in [-0.15, -0.1) is 0 Å². The van der Waals surface area contributed by atoms with E-state index in [9.17, 15) is 14.0 Å². The summed E-state index contributed by atoms with van der Waals surface area (Å²) in [6, 6.07) is 10.9. The molecule has 0 aliphatic carbocycles. The van der Waals surface area contributed by atoms with Gasteiger partial charge in [0.25, 0.3) is 0 Å². The first kappa shape index (κ1) is 20.5. The number of benzene rings is 1. The lowest BCUT2D eigenvalue weighted by Crippen LogP contribution is -2.42. The second kappa shape index (κ2) is 8.54. The van der Waals surface area contributed by atoms with E-state index >= 15 is 0 Å². The van der Waals surface area contributed by atoms with Crippen molar-refractivity contribution in [2.45, 2.75) is 38.5 Å². The van der Waals surface area contributed by atoms with Crippen LogP contribution in [0.2, 0.25) is 0 Å². The zero-order chi connectivity index (χ0) is 21.3. The van der Waals surface area contributed by atoms with Crippen molar-refractivity contribution in [3.63, 3.8) is 0 Å². The summed E-state index contributed by atoms with van der Waals surface area (Å²) in [5, 5.41) is 0. The van der Waals surface area contributed by atoms with Crippen LogP contribution in [-0.4, -0.2) is 53.3 Å². The van der Waals surface area contributed by atoms with Crippen LogP contribution in [0.15, 0.2) is 36.4 Å². The van der Waals surface area contributed by atoms with E-state index in [-0.39, 0.29) is 23.5 Å². The first-order valence-electron chi connectivity index (χ1n) is 10.6. The van der Waals surface area contributed by atoms with E-state index in [0.717, 1.165) is 35.4 Å². The van der Waals surface area contributed by atoms with Gasteiger partial charge in [-0.2, -0.15) is 0 Å². The first-order valence-corrected chi connectivity index (χ1v) is 10.6. The topological polar surface area (TPSA) is 53.5 Å². The molecule has 2 saturated heterocycles. The zero-order valence-corrected chi connectivity index (χ0v) is 17.6. The number of piperidine rings is 1. The quantitative estimate of drug-likeness (QED) is 0.779. The van der Waals surface area contributed by atoms with Gasteiger partial charge in [0.15, 0.2) is 0 Å². The van der Waals surface area contributed by atoms with Gasteiger partial charge in [0.05, 0.1) is 5.92 Å². The molecule has 3 heterocycles. The van der Waals surface area contributed by atoms with Crippen LogP contribution >= 0.6 is 0 Å². The van der Waals surface area contributed by atoms with Gasteiger partial charge < -0.3 is 9.80 Å². The van der Waals surface area contributed by atoms with Crippen molar-refractivity contribution < 1.29 is 14.0 Å². The van der Waals surface area contributed by atoms with Crippen molar-refractivity contribution in [3.05, 3.63) is 64.7 Å². The fourth-order valence-electron chi connectivity index (χ4n) is 4.64. The largest absolute Gasteiger partial charge is 0.345 e. The normalized spacial score (nSPS) is 20.1. The van der Waals surface area contributed by atoms with E-state index in [4.69, 9.17) is 4.98 Å². The van der Waals surface area contributed by atoms with Crippen molar-refractivity contribution in [3.8, 4) is 0 Å². The minimum atomic E-state index is -0.217. The monoisotopic (exact) mass is 409 g/mol. The van der Waals surface area contributed by atoms with Crippen molar-refractivity contribution in [2.24, 2.45) is 5.92 Å². The summed E-state index contributed by atoms with van der Waals surface area (Å²) in [5.41, 5.74) is 4.10. The Kier molecular flexibility index (Phi) is 5.84. The maximum absolute atomic E-state index is 13.5. The molecule has 4 rings (SSSR count). The van der Waals surface area contributed by atoms with Gasteiger partial charge in [0.2, 0.25) is 11.8 Å². The second-order valence-electron chi connectivity index (χ2n) is 8.62. The molecule has 1 aromatic carbocycles. The predicted molar refractivity (Wildman–Crippen MR) is 112 cm³/mol. The van der Waals surface area contributed by atoms with Gasteiger partial charge in [-0.25, -0.2) is 4.39 Å². The van der Waals surface area contributed by atoms with Gasteiger partial charge in [0, 0.05) is 50.4 Å². The van der Waals surface area contributed by atoms with Crippen molar-refractivity contribution in [1.82, 2.24) is 14.8 Å². The number of carbonyl (C=O) groups is 2. The van der Waals surface area contributed by atoms with E-state index < -0.39 is 0 Å². The molecular formula is C24H28FN3O2. The molecule has 2 aliphatic heterocycles. The van der Waals surface area contributed by atoms with Crippen molar-refractivity contribution in [1.29, 1.82) is 0 Å². The average Bonchev–Trinajstić information content (AvgIpc) is 3.05. The molecule has 0 N–H and O–H groups in total. The molecule has 0 radical (unpaired) electrons. The maximum atomic E-state index is 13.5. The third kappa shape index (κ3) is 4.53. The molecule has 2 amide bonds. The first-order chi connectivity index (χ1) is 14.4. The van der Waals surface area contributed by atoms with Crippen LogP contribution in [0, 0.1) is 18.7 Å². The molecular weight excluding hydrogens is 381 g/mol. The molecule has 0 bridgehead atoms. The molecule has 30 heavy (non-hydrogen) atoms. The molecule has 0 saturated carbocycles. The number of rotatable bonds is 4. The number of likely N-dealkylation sites (tertiary alicyclic amines) is 2. The summed E-state index contributed by atoms with van der Waals surface area (Å²) in [5.74, 6) is 0.0565. The summed E-state index contributed by atoms with van der Waals surface area (Å²) in [4.78, 5) is 32.8. The van der Waals surface area contributed by atoms with E-state index in [0.29, 0.717) is 38.4 Å². The number of carbonyl (C=O) groups excluding carboxylic acids is 2. The summed E-state index contributed by atoms with van der Waals surface area (Å²) >= 11 is 0. The minimum absolute atomic E-state index is 0.0537. The molecule has 6 heteroatoms. The van der Waals surface area contributed by atoms with Crippen LogP contribution < -0.4 is 0 Å². The molecule has 2 aromatic rings. The smallest absolute Gasteiger partial charge is 0.227 e. The summed E-state index contributed by atoms with van der Waals surface area (Å²) < 4.78 is 13.5. The number of hydrogen-bond acceptors (Lipinski definition) is 3. The summed E-state index contributed by atoms with van der Waals surface area (Å²) in [7, 11) is 1.76. The number of nitrogens with zero attached hydrogens (tertiary/aromatic N) is 3. The second-order valence-corrected chi connectivity index (χ2v) is 8.62. The number of amides is 2. The molecule has 0 unspecified atom stereocenters. The molecule has 2 fully saturated rings. The number of pyridine rings is 1. The lowest BCUT2D eigenvalue weighted by atomic mass is 9.90. The highest BCUT2D eigenvalue weighted by atomic mass is 19.1. The fourth-order valence-corrected chi connectivity index (χ4v) is 4.64. The molecule has 1 atom stereocenters. The molecule has 5 nitrogen and oxygen atoms in total. The predicted octanol–water partition coefficient (Wildman–Crippen LogP) is 3.30. The molecule has 1 aromatic heterocycles. The Labute approximate surface area is 176 Å². The van der Waals surface area contributed by atoms with Crippen LogP contribution in [0.25, 0.3) is 0 Å². The Morgan fingerprint density at radius 2 is 1.93 bits per heavy atom. The van der Waals surface area contributed by atoms with Crippen LogP contribution in [0.1, 0.15) is 47.7 Å². The maximum Gasteiger partial charge on any atom is 0.227 e. The van der Waals surface area contributed by atoms with Crippen molar-refractivity contribution in [2.75, 3.05) is 26.7 Å². The third-order valence-corrected chi connectivity index (χ3v) is 6.25. The number of hydrogen-bond donors (Lipinski definition) is 0. The summed E-state index contributed by atoms with van der Waals surface area (Å²) in [6.07, 6.45) is 2.75. The van der Waals surface area contributed by atoms with Crippen LogP contribution in [0.5, 0.6) is 0 Å². The van der Waals surface area contributed by atoms with E-state index in [2.05, 4.69) is 12.1 Å². The Morgan fingerprint density at radius 1 is 1.17 bits per heavy atom. The Morgan fingerprint density at radius 3 is 2.60 bits per heavy atom. The standard InChI is InChI=1S/C24H28FN3O2/c1-16-10-18(11-17-4-3-5-21(25)12-17)13-22(26-16)19-6-8-28(9-7-19)24(30)20-14-23(29)27(2)15-20/h3-5,10,12-13,19-20H,6-9,11,14-15H2,1-2H3/t20-/m1/s1. The molecule has 158 valence electrons. The Bertz CT molecular complexity index is 953. The van der Waals surface area contributed by atoms with Gasteiger partial charge in [-0.05, 0) is 61.6 Å². The van der Waals surface area contributed by atoms with Gasteiger partial charge in [-0.1, -0.05) is 12.1 Å². The van der Waals surface area contributed by atoms with Gasteiger partial charge in [-0.3, -0.25) is 14.6 Å².